The van der Waals surface area contributed by atoms with Gasteiger partial charge in [0.2, 0.25) is 6.29 Å². The van der Waals surface area contributed by atoms with Gasteiger partial charge in [-0.25, -0.2) is 0 Å². The Balaban J connectivity index is 4.45. The van der Waals surface area contributed by atoms with Crippen LogP contribution in [0.25, 0.3) is 0 Å². The minimum atomic E-state index is -1.18. The summed E-state index contributed by atoms with van der Waals surface area (Å²) in [6.45, 7) is 19.6. The first-order valence-corrected chi connectivity index (χ1v) is 8.27. The number of hydrogen-bond acceptors (Lipinski definition) is 3. The number of rotatable bonds is 12. The molecule has 134 valence electrons. The van der Waals surface area contributed by atoms with Crippen LogP contribution < -0.4 is 0 Å². The van der Waals surface area contributed by atoms with Crippen LogP contribution in [-0.4, -0.2) is 11.4 Å². The molecule has 0 aromatic rings. The predicted octanol–water partition coefficient (Wildman–Crippen LogP) is 5.52. The van der Waals surface area contributed by atoms with E-state index in [9.17, 15) is 5.11 Å². The SMILES string of the molecule is C=C(/C=C\CC(=C)C(C)/C=C\C(=C)C(O)OC(=C)/C=C\CC#N)CC. The zero-order valence-electron chi connectivity index (χ0n) is 15.4. The number of nitrogens with zero attached hydrogens (tertiary/aromatic N) is 1. The van der Waals surface area contributed by atoms with E-state index >= 15 is 0 Å². The van der Waals surface area contributed by atoms with Crippen LogP contribution >= 0.6 is 0 Å². The molecule has 0 aromatic heterocycles. The lowest BCUT2D eigenvalue weighted by atomic mass is 9.98. The van der Waals surface area contributed by atoms with Crippen LogP contribution in [0, 0.1) is 17.2 Å². The summed E-state index contributed by atoms with van der Waals surface area (Å²) < 4.78 is 5.23. The fourth-order valence-electron chi connectivity index (χ4n) is 1.67. The molecule has 0 aliphatic rings. The average Bonchev–Trinajstić information content (AvgIpc) is 2.58. The van der Waals surface area contributed by atoms with E-state index in [0.717, 1.165) is 24.0 Å². The molecule has 0 aromatic carbocycles. The molecule has 2 unspecified atom stereocenters. The Morgan fingerprint density at radius 1 is 1.16 bits per heavy atom. The average molecular weight is 339 g/mol. The second-order valence-electron chi connectivity index (χ2n) is 5.70. The molecule has 0 saturated carbocycles. The molecule has 0 spiro atoms. The number of nitriles is 1. The van der Waals surface area contributed by atoms with Gasteiger partial charge in [-0.3, -0.25) is 0 Å². The van der Waals surface area contributed by atoms with E-state index in [1.807, 2.05) is 25.1 Å². The van der Waals surface area contributed by atoms with Gasteiger partial charge in [-0.2, -0.15) is 5.26 Å². The Morgan fingerprint density at radius 2 is 1.84 bits per heavy atom. The maximum atomic E-state index is 9.95. The molecule has 0 radical (unpaired) electrons. The van der Waals surface area contributed by atoms with Crippen molar-refractivity contribution >= 4 is 0 Å². The normalized spacial score (nSPS) is 13.7. The summed E-state index contributed by atoms with van der Waals surface area (Å²) in [5.41, 5.74) is 2.57. The summed E-state index contributed by atoms with van der Waals surface area (Å²) in [6.07, 6.45) is 11.7. The van der Waals surface area contributed by atoms with Crippen molar-refractivity contribution in [1.82, 2.24) is 0 Å². The smallest absolute Gasteiger partial charge is 0.223 e. The Morgan fingerprint density at radius 3 is 2.44 bits per heavy atom. The van der Waals surface area contributed by atoms with Crippen molar-refractivity contribution in [3.8, 4) is 6.07 Å². The van der Waals surface area contributed by atoms with Crippen molar-refractivity contribution in [3.05, 3.63) is 85.3 Å². The minimum Gasteiger partial charge on any atom is -0.461 e. The van der Waals surface area contributed by atoms with Crippen molar-refractivity contribution in [2.45, 2.75) is 39.4 Å². The highest BCUT2D eigenvalue weighted by Gasteiger charge is 2.08. The van der Waals surface area contributed by atoms with Gasteiger partial charge in [-0.15, -0.1) is 0 Å². The molecule has 0 amide bonds. The van der Waals surface area contributed by atoms with Gasteiger partial charge in [-0.05, 0) is 24.8 Å². The quantitative estimate of drug-likeness (QED) is 0.220. The summed E-state index contributed by atoms with van der Waals surface area (Å²) in [5.74, 6) is 0.415. The molecule has 0 bridgehead atoms. The number of aliphatic hydroxyl groups excluding tert-OH is 1. The largest absolute Gasteiger partial charge is 0.461 e. The van der Waals surface area contributed by atoms with Crippen molar-refractivity contribution < 1.29 is 9.84 Å². The lowest BCUT2D eigenvalue weighted by Gasteiger charge is -2.14. The summed E-state index contributed by atoms with van der Waals surface area (Å²) in [6, 6.07) is 1.97. The Kier molecular flexibility index (Phi) is 11.5. The summed E-state index contributed by atoms with van der Waals surface area (Å²) in [5, 5.41) is 18.4. The molecule has 0 aliphatic heterocycles. The van der Waals surface area contributed by atoms with Crippen LogP contribution in [-0.2, 0) is 4.74 Å². The third kappa shape index (κ3) is 10.8. The molecular weight excluding hydrogens is 310 g/mol. The standard InChI is InChI=1S/C22H29NO2/c1-7-17(2)11-10-12-18(3)19(4)14-15-20(5)22(24)25-21(6)13-8-9-16-23/h8,10-11,13-15,19,22,24H,2-3,5-7,9,12H2,1,4H3/b11-10-,13-8-,15-14-. The van der Waals surface area contributed by atoms with Crippen LogP contribution in [0.1, 0.15) is 33.1 Å². The number of ether oxygens (including phenoxy) is 1. The van der Waals surface area contributed by atoms with Crippen LogP contribution in [0.2, 0.25) is 0 Å². The second-order valence-corrected chi connectivity index (χ2v) is 5.70. The minimum absolute atomic E-state index is 0.141. The first kappa shape index (κ1) is 22.4. The summed E-state index contributed by atoms with van der Waals surface area (Å²) in [4.78, 5) is 0. The molecular formula is C22H29NO2. The molecule has 0 saturated heterocycles. The third-order valence-electron chi connectivity index (χ3n) is 3.52. The van der Waals surface area contributed by atoms with Gasteiger partial charge in [0.05, 0.1) is 12.5 Å². The van der Waals surface area contributed by atoms with Crippen LogP contribution in [0.5, 0.6) is 0 Å². The highest BCUT2D eigenvalue weighted by Crippen LogP contribution is 2.17. The fourth-order valence-corrected chi connectivity index (χ4v) is 1.67. The highest BCUT2D eigenvalue weighted by atomic mass is 16.6. The molecule has 3 heteroatoms. The Labute approximate surface area is 152 Å². The monoisotopic (exact) mass is 339 g/mol. The van der Waals surface area contributed by atoms with E-state index in [2.05, 4.69) is 39.3 Å². The molecule has 0 aliphatic carbocycles. The molecule has 1 N–H and O–H groups in total. The lowest BCUT2D eigenvalue weighted by molar-refractivity contribution is -0.0274. The van der Waals surface area contributed by atoms with Crippen molar-refractivity contribution in [2.75, 3.05) is 0 Å². The van der Waals surface area contributed by atoms with Crippen LogP contribution in [0.15, 0.2) is 85.3 Å². The van der Waals surface area contributed by atoms with Gasteiger partial charge in [-0.1, -0.05) is 81.7 Å². The van der Waals surface area contributed by atoms with Gasteiger partial charge in [0.1, 0.15) is 5.76 Å². The second kappa shape index (κ2) is 12.8. The zero-order valence-corrected chi connectivity index (χ0v) is 15.4. The van der Waals surface area contributed by atoms with Gasteiger partial charge in [0.25, 0.3) is 0 Å². The molecule has 0 rings (SSSR count). The van der Waals surface area contributed by atoms with E-state index in [1.54, 1.807) is 18.2 Å². The summed E-state index contributed by atoms with van der Waals surface area (Å²) >= 11 is 0. The fraction of sp³-hybridized carbons (Fsp3) is 0.318. The Bertz CT molecular complexity index is 614. The first-order chi connectivity index (χ1) is 11.8. The third-order valence-corrected chi connectivity index (χ3v) is 3.52. The van der Waals surface area contributed by atoms with Crippen molar-refractivity contribution in [2.24, 2.45) is 5.92 Å². The van der Waals surface area contributed by atoms with Gasteiger partial charge >= 0.3 is 0 Å². The van der Waals surface area contributed by atoms with E-state index in [0.29, 0.717) is 5.57 Å². The topological polar surface area (TPSA) is 53.2 Å². The van der Waals surface area contributed by atoms with E-state index in [-0.39, 0.29) is 18.1 Å². The van der Waals surface area contributed by atoms with E-state index < -0.39 is 6.29 Å². The van der Waals surface area contributed by atoms with Gasteiger partial charge in [0.15, 0.2) is 0 Å². The maximum Gasteiger partial charge on any atom is 0.223 e. The Hall–Kier alpha value is -2.57. The van der Waals surface area contributed by atoms with Crippen molar-refractivity contribution in [3.63, 3.8) is 0 Å². The van der Waals surface area contributed by atoms with E-state index in [1.165, 1.54) is 0 Å². The van der Waals surface area contributed by atoms with E-state index in [4.69, 9.17) is 10.00 Å². The van der Waals surface area contributed by atoms with Crippen molar-refractivity contribution in [1.29, 1.82) is 5.26 Å². The van der Waals surface area contributed by atoms with Crippen LogP contribution in [0.3, 0.4) is 0 Å². The van der Waals surface area contributed by atoms with Gasteiger partial charge < -0.3 is 9.84 Å². The zero-order chi connectivity index (χ0) is 19.2. The molecule has 25 heavy (non-hydrogen) atoms. The predicted molar refractivity (Wildman–Crippen MR) is 105 cm³/mol. The number of hydrogen-bond donors (Lipinski definition) is 1. The van der Waals surface area contributed by atoms with Gasteiger partial charge in [0, 0.05) is 5.57 Å². The lowest BCUT2D eigenvalue weighted by Crippen LogP contribution is -2.12. The maximum absolute atomic E-state index is 9.95. The number of allylic oxidation sites excluding steroid dienone is 7. The van der Waals surface area contributed by atoms with Crippen LogP contribution in [0.4, 0.5) is 0 Å². The summed E-state index contributed by atoms with van der Waals surface area (Å²) in [7, 11) is 0. The molecule has 0 fully saturated rings. The number of aliphatic hydroxyl groups is 1. The highest BCUT2D eigenvalue weighted by molar-refractivity contribution is 5.23. The molecule has 2 atom stereocenters. The first-order valence-electron chi connectivity index (χ1n) is 8.27. The molecule has 3 nitrogen and oxygen atoms in total. The molecule has 0 heterocycles.